The number of rotatable bonds is 1. The first-order valence-electron chi connectivity index (χ1n) is 4.28. The Kier molecular flexibility index (Phi) is 6.15. The number of carbonyl (C=O) groups excluding carboxylic acids is 4. The van der Waals surface area contributed by atoms with E-state index in [1.165, 1.54) is 20.2 Å². The molecule has 0 spiro atoms. The number of nitrogens with zero attached hydrogens (tertiary/aromatic N) is 2. The largest absolute Gasteiger partial charge is 0.431 e. The molecule has 1 N–H and O–H groups in total. The molecule has 8 heteroatoms. The van der Waals surface area contributed by atoms with Gasteiger partial charge in [0.15, 0.2) is 0 Å². The molecule has 1 saturated heterocycles. The Morgan fingerprint density at radius 1 is 1.44 bits per heavy atom. The van der Waals surface area contributed by atoms with Crippen LogP contribution >= 0.6 is 0 Å². The monoisotopic (exact) mass is 229 g/mol. The molecule has 16 heavy (non-hydrogen) atoms. The number of aliphatic imine (C=N–C) groups is 1. The lowest BCUT2D eigenvalue weighted by Gasteiger charge is -2.11. The molecular weight excluding hydrogens is 218 g/mol. The van der Waals surface area contributed by atoms with E-state index in [9.17, 15) is 14.4 Å². The minimum Gasteiger partial charge on any atom is -0.323 e. The topological polar surface area (TPSA) is 105 Å². The van der Waals surface area contributed by atoms with Crippen molar-refractivity contribution >= 4 is 24.0 Å². The van der Waals surface area contributed by atoms with E-state index >= 15 is 0 Å². The zero-order chi connectivity index (χ0) is 12.6. The first-order valence-corrected chi connectivity index (χ1v) is 4.28. The standard InChI is InChI=1S/C6H8N2O4.C2H3NO/c1-7-6(11)12-8-4(9)2-3-5(8)10;1-3-2-4/h2-3H2,1H3,(H,7,11);1H3. The van der Waals surface area contributed by atoms with E-state index in [-0.39, 0.29) is 12.8 Å². The van der Waals surface area contributed by atoms with Crippen molar-refractivity contribution in [2.45, 2.75) is 12.8 Å². The van der Waals surface area contributed by atoms with E-state index < -0.39 is 17.9 Å². The van der Waals surface area contributed by atoms with Crippen molar-refractivity contribution in [2.24, 2.45) is 4.99 Å². The lowest BCUT2D eigenvalue weighted by molar-refractivity contribution is -0.171. The number of isocyanates is 1. The predicted octanol–water partition coefficient (Wildman–Crippen LogP) is -0.642. The average molecular weight is 229 g/mol. The molecule has 1 heterocycles. The van der Waals surface area contributed by atoms with Crippen LogP contribution in [-0.2, 0) is 19.2 Å². The highest BCUT2D eigenvalue weighted by atomic mass is 16.7. The molecule has 0 aromatic heterocycles. The second kappa shape index (κ2) is 7.13. The van der Waals surface area contributed by atoms with Crippen LogP contribution in [0.2, 0.25) is 0 Å². The Balaban J connectivity index is 0.000000487. The first kappa shape index (κ1) is 13.8. The third kappa shape index (κ3) is 4.34. The molecule has 1 fully saturated rings. The van der Waals surface area contributed by atoms with E-state index in [1.54, 1.807) is 0 Å². The fourth-order valence-corrected chi connectivity index (χ4v) is 0.786. The highest BCUT2D eigenvalue weighted by Crippen LogP contribution is 2.11. The normalized spacial score (nSPS) is 13.5. The minimum atomic E-state index is -0.821. The molecule has 0 unspecified atom stereocenters. The molecule has 1 rings (SSSR count). The van der Waals surface area contributed by atoms with Gasteiger partial charge < -0.3 is 10.2 Å². The SMILES string of the molecule is CN=C=O.CNC(=O)ON1C(=O)CCC1=O. The van der Waals surface area contributed by atoms with Crippen molar-refractivity contribution in [2.75, 3.05) is 14.1 Å². The Morgan fingerprint density at radius 3 is 2.19 bits per heavy atom. The molecule has 0 aliphatic carbocycles. The maximum Gasteiger partial charge on any atom is 0.431 e. The predicted molar refractivity (Wildman–Crippen MR) is 50.7 cm³/mol. The van der Waals surface area contributed by atoms with Crippen molar-refractivity contribution in [3.63, 3.8) is 0 Å². The molecule has 3 amide bonds. The first-order chi connectivity index (χ1) is 7.56. The van der Waals surface area contributed by atoms with Crippen molar-refractivity contribution in [3.8, 4) is 0 Å². The van der Waals surface area contributed by atoms with Gasteiger partial charge in [-0.25, -0.2) is 14.6 Å². The van der Waals surface area contributed by atoms with Crippen LogP contribution in [-0.4, -0.2) is 43.1 Å². The Hall–Kier alpha value is -2.21. The van der Waals surface area contributed by atoms with Gasteiger partial charge in [0.1, 0.15) is 0 Å². The van der Waals surface area contributed by atoms with E-state index in [0.717, 1.165) is 0 Å². The summed E-state index contributed by atoms with van der Waals surface area (Å²) >= 11 is 0. The molecule has 0 radical (unpaired) electrons. The van der Waals surface area contributed by atoms with Crippen LogP contribution in [0.1, 0.15) is 12.8 Å². The third-order valence-corrected chi connectivity index (χ3v) is 1.48. The van der Waals surface area contributed by atoms with Gasteiger partial charge in [0.2, 0.25) is 6.08 Å². The van der Waals surface area contributed by atoms with E-state index in [2.05, 4.69) is 15.1 Å². The van der Waals surface area contributed by atoms with E-state index in [4.69, 9.17) is 4.79 Å². The summed E-state index contributed by atoms with van der Waals surface area (Å²) in [5.41, 5.74) is 0. The summed E-state index contributed by atoms with van der Waals surface area (Å²) in [6, 6.07) is 0. The van der Waals surface area contributed by atoms with Crippen LogP contribution in [0.5, 0.6) is 0 Å². The molecule has 1 aliphatic heterocycles. The number of hydroxylamine groups is 2. The molecule has 0 aromatic carbocycles. The van der Waals surface area contributed by atoms with Crippen LogP contribution in [0.3, 0.4) is 0 Å². The molecule has 88 valence electrons. The van der Waals surface area contributed by atoms with Crippen molar-refractivity contribution in [1.82, 2.24) is 10.4 Å². The molecule has 0 bridgehead atoms. The molecule has 0 atom stereocenters. The molecule has 0 aromatic rings. The van der Waals surface area contributed by atoms with Crippen LogP contribution in [0, 0.1) is 0 Å². The van der Waals surface area contributed by atoms with Crippen LogP contribution in [0.4, 0.5) is 4.79 Å². The Bertz CT molecular complexity index is 319. The molecule has 1 aliphatic rings. The summed E-state index contributed by atoms with van der Waals surface area (Å²) in [7, 11) is 2.72. The molecule has 8 nitrogen and oxygen atoms in total. The number of imide groups is 1. The number of carbonyl (C=O) groups is 3. The summed E-state index contributed by atoms with van der Waals surface area (Å²) in [4.78, 5) is 48.4. The number of hydrogen-bond acceptors (Lipinski definition) is 6. The zero-order valence-corrected chi connectivity index (χ0v) is 8.85. The van der Waals surface area contributed by atoms with Gasteiger partial charge in [-0.3, -0.25) is 9.59 Å². The summed E-state index contributed by atoms with van der Waals surface area (Å²) in [6.07, 6.45) is 0.699. The zero-order valence-electron chi connectivity index (χ0n) is 8.85. The Morgan fingerprint density at radius 2 is 1.88 bits per heavy atom. The van der Waals surface area contributed by atoms with E-state index in [1.807, 2.05) is 0 Å². The fraction of sp³-hybridized carbons (Fsp3) is 0.500. The van der Waals surface area contributed by atoms with Gasteiger partial charge in [0.25, 0.3) is 11.8 Å². The number of hydrogen-bond donors (Lipinski definition) is 1. The highest BCUT2D eigenvalue weighted by Gasteiger charge is 2.32. The van der Waals surface area contributed by atoms with Gasteiger partial charge in [-0.1, -0.05) is 0 Å². The highest BCUT2D eigenvalue weighted by molar-refractivity contribution is 6.01. The minimum absolute atomic E-state index is 0.107. The summed E-state index contributed by atoms with van der Waals surface area (Å²) < 4.78 is 0. The molecular formula is C8H11N3O5. The van der Waals surface area contributed by atoms with Crippen molar-refractivity contribution < 1.29 is 24.0 Å². The van der Waals surface area contributed by atoms with Crippen LogP contribution < -0.4 is 5.32 Å². The van der Waals surface area contributed by atoms with Crippen LogP contribution in [0.25, 0.3) is 0 Å². The maximum atomic E-state index is 10.8. The van der Waals surface area contributed by atoms with Gasteiger partial charge in [0.05, 0.1) is 0 Å². The van der Waals surface area contributed by atoms with Crippen molar-refractivity contribution in [1.29, 1.82) is 0 Å². The third-order valence-electron chi connectivity index (χ3n) is 1.48. The van der Waals surface area contributed by atoms with E-state index in [0.29, 0.717) is 5.06 Å². The quantitative estimate of drug-likeness (QED) is 0.365. The molecule has 0 saturated carbocycles. The summed E-state index contributed by atoms with van der Waals surface area (Å²) in [6.45, 7) is 0. The van der Waals surface area contributed by atoms with Crippen molar-refractivity contribution in [3.05, 3.63) is 0 Å². The van der Waals surface area contributed by atoms with Gasteiger partial charge in [-0.05, 0) is 0 Å². The second-order valence-electron chi connectivity index (χ2n) is 2.53. The van der Waals surface area contributed by atoms with Gasteiger partial charge >= 0.3 is 6.09 Å². The van der Waals surface area contributed by atoms with Crippen LogP contribution in [0.15, 0.2) is 4.99 Å². The second-order valence-corrected chi connectivity index (χ2v) is 2.53. The Labute approximate surface area is 91.2 Å². The van der Waals surface area contributed by atoms with Gasteiger partial charge in [-0.2, -0.15) is 0 Å². The lowest BCUT2D eigenvalue weighted by atomic mass is 10.4. The summed E-state index contributed by atoms with van der Waals surface area (Å²) in [5, 5.41) is 2.61. The maximum absolute atomic E-state index is 10.8. The smallest absolute Gasteiger partial charge is 0.323 e. The number of amides is 3. The van der Waals surface area contributed by atoms with Gasteiger partial charge in [-0.15, -0.1) is 5.06 Å². The lowest BCUT2D eigenvalue weighted by Crippen LogP contribution is -2.35. The average Bonchev–Trinajstić information content (AvgIpc) is 2.61. The summed E-state index contributed by atoms with van der Waals surface area (Å²) in [5.74, 6) is -0.966. The van der Waals surface area contributed by atoms with Gasteiger partial charge in [0, 0.05) is 26.9 Å². The fourth-order valence-electron chi connectivity index (χ4n) is 0.786. The number of nitrogens with one attached hydrogen (secondary N) is 1.